The molecule has 0 aromatic carbocycles. The van der Waals surface area contributed by atoms with Gasteiger partial charge in [0, 0.05) is 23.9 Å². The molecular weight excluding hydrogens is 214 g/mol. The average molecular weight is 231 g/mol. The Morgan fingerprint density at radius 2 is 2.06 bits per heavy atom. The summed E-state index contributed by atoms with van der Waals surface area (Å²) < 4.78 is 5.74. The van der Waals surface area contributed by atoms with Crippen LogP contribution in [0.15, 0.2) is 28.8 Å². The molecule has 0 aliphatic rings. The van der Waals surface area contributed by atoms with Gasteiger partial charge in [0.25, 0.3) is 0 Å². The molecule has 0 radical (unpaired) electrons. The van der Waals surface area contributed by atoms with Crippen LogP contribution in [0, 0.1) is 13.8 Å². The molecule has 1 unspecified atom stereocenters. The fraction of sp³-hybridized carbons (Fsp3) is 0.357. The lowest BCUT2D eigenvalue weighted by molar-refractivity contribution is 0.187. The van der Waals surface area contributed by atoms with E-state index in [4.69, 9.17) is 4.42 Å². The molecule has 3 heteroatoms. The van der Waals surface area contributed by atoms with E-state index >= 15 is 0 Å². The van der Waals surface area contributed by atoms with E-state index in [1.807, 2.05) is 32.0 Å². The van der Waals surface area contributed by atoms with E-state index in [0.717, 1.165) is 28.3 Å². The molecule has 0 amide bonds. The summed E-state index contributed by atoms with van der Waals surface area (Å²) in [5, 5.41) is 9.32. The van der Waals surface area contributed by atoms with Gasteiger partial charge in [-0.2, -0.15) is 0 Å². The minimum atomic E-state index is -0.384. The zero-order valence-electron chi connectivity index (χ0n) is 10.4. The Kier molecular flexibility index (Phi) is 3.29. The zero-order valence-corrected chi connectivity index (χ0v) is 10.4. The van der Waals surface area contributed by atoms with Crippen molar-refractivity contribution in [1.82, 2.24) is 4.98 Å². The highest BCUT2D eigenvalue weighted by molar-refractivity contribution is 5.64. The Bertz CT molecular complexity index is 494. The molecule has 0 aliphatic carbocycles. The van der Waals surface area contributed by atoms with Gasteiger partial charge in [-0.1, -0.05) is 0 Å². The Balaban J connectivity index is 2.37. The van der Waals surface area contributed by atoms with E-state index in [-0.39, 0.29) is 6.10 Å². The normalized spacial score (nSPS) is 12.7. The second-order valence-electron chi connectivity index (χ2n) is 4.41. The Morgan fingerprint density at radius 1 is 1.29 bits per heavy atom. The highest BCUT2D eigenvalue weighted by atomic mass is 16.3. The number of nitrogens with zero attached hydrogens (tertiary/aromatic N) is 1. The van der Waals surface area contributed by atoms with Crippen molar-refractivity contribution in [3.8, 4) is 11.3 Å². The Morgan fingerprint density at radius 3 is 2.71 bits per heavy atom. The molecule has 0 saturated carbocycles. The van der Waals surface area contributed by atoms with Gasteiger partial charge in [0.15, 0.2) is 0 Å². The average Bonchev–Trinajstić information content (AvgIpc) is 2.65. The first-order valence-corrected chi connectivity index (χ1v) is 5.77. The first-order chi connectivity index (χ1) is 8.08. The molecule has 2 aromatic heterocycles. The van der Waals surface area contributed by atoms with E-state index in [9.17, 15) is 5.11 Å². The summed E-state index contributed by atoms with van der Waals surface area (Å²) in [6.45, 7) is 5.77. The maximum Gasteiger partial charge on any atom is 0.136 e. The van der Waals surface area contributed by atoms with Crippen molar-refractivity contribution in [2.75, 3.05) is 0 Å². The lowest BCUT2D eigenvalue weighted by atomic mass is 10.1. The van der Waals surface area contributed by atoms with Crippen molar-refractivity contribution < 1.29 is 9.52 Å². The Labute approximate surface area is 101 Å². The zero-order chi connectivity index (χ0) is 12.4. The van der Waals surface area contributed by atoms with Crippen LogP contribution in [0.1, 0.15) is 23.9 Å². The molecule has 2 rings (SSSR count). The molecule has 0 aliphatic heterocycles. The fourth-order valence-corrected chi connectivity index (χ4v) is 1.98. The number of aliphatic hydroxyl groups is 1. The number of pyridine rings is 1. The van der Waals surface area contributed by atoms with Crippen LogP contribution in [0.5, 0.6) is 0 Å². The lowest BCUT2D eigenvalue weighted by Crippen LogP contribution is -2.02. The highest BCUT2D eigenvalue weighted by Gasteiger charge is 2.11. The van der Waals surface area contributed by atoms with Crippen LogP contribution in [-0.4, -0.2) is 16.2 Å². The smallest absolute Gasteiger partial charge is 0.136 e. The summed E-state index contributed by atoms with van der Waals surface area (Å²) in [5.41, 5.74) is 3.16. The first kappa shape index (κ1) is 11.9. The number of hydrogen-bond donors (Lipinski definition) is 1. The van der Waals surface area contributed by atoms with Gasteiger partial charge in [0.1, 0.15) is 11.5 Å². The number of rotatable bonds is 3. The second kappa shape index (κ2) is 4.72. The summed E-state index contributed by atoms with van der Waals surface area (Å²) in [6.07, 6.45) is 1.96. The van der Waals surface area contributed by atoms with Crippen LogP contribution in [0.25, 0.3) is 11.3 Å². The van der Waals surface area contributed by atoms with E-state index in [1.54, 1.807) is 13.1 Å². The van der Waals surface area contributed by atoms with E-state index < -0.39 is 0 Å². The van der Waals surface area contributed by atoms with Gasteiger partial charge >= 0.3 is 0 Å². The number of aryl methyl sites for hydroxylation is 2. The molecule has 0 saturated heterocycles. The molecule has 3 nitrogen and oxygen atoms in total. The quantitative estimate of drug-likeness (QED) is 0.883. The highest BCUT2D eigenvalue weighted by Crippen LogP contribution is 2.27. The van der Waals surface area contributed by atoms with E-state index in [1.165, 1.54) is 0 Å². The molecule has 17 heavy (non-hydrogen) atoms. The van der Waals surface area contributed by atoms with Crippen LogP contribution < -0.4 is 0 Å². The lowest BCUT2D eigenvalue weighted by Gasteiger charge is -2.05. The molecule has 1 atom stereocenters. The van der Waals surface area contributed by atoms with Crippen molar-refractivity contribution >= 4 is 0 Å². The summed E-state index contributed by atoms with van der Waals surface area (Å²) in [6, 6.07) is 5.82. The fourth-order valence-electron chi connectivity index (χ4n) is 1.98. The monoisotopic (exact) mass is 231 g/mol. The molecule has 90 valence electrons. The van der Waals surface area contributed by atoms with Gasteiger partial charge in [-0.25, -0.2) is 0 Å². The van der Waals surface area contributed by atoms with Gasteiger partial charge in [0.2, 0.25) is 0 Å². The summed E-state index contributed by atoms with van der Waals surface area (Å²) in [7, 11) is 0. The van der Waals surface area contributed by atoms with Crippen LogP contribution in [0.3, 0.4) is 0 Å². The summed E-state index contributed by atoms with van der Waals surface area (Å²) in [5.74, 6) is 1.63. The van der Waals surface area contributed by atoms with Crippen LogP contribution in [0.4, 0.5) is 0 Å². The molecule has 1 N–H and O–H groups in total. The van der Waals surface area contributed by atoms with E-state index in [0.29, 0.717) is 6.42 Å². The minimum Gasteiger partial charge on any atom is -0.461 e. The van der Waals surface area contributed by atoms with Crippen LogP contribution >= 0.6 is 0 Å². The van der Waals surface area contributed by atoms with Gasteiger partial charge in [0.05, 0.1) is 6.10 Å². The SMILES string of the molecule is Cc1ccnc(C)c1-c1ccc(CC(C)O)o1. The molecule has 0 spiro atoms. The largest absolute Gasteiger partial charge is 0.461 e. The third-order valence-electron chi connectivity index (χ3n) is 2.75. The Hall–Kier alpha value is -1.61. The number of aromatic nitrogens is 1. The maximum absolute atomic E-state index is 9.32. The summed E-state index contributed by atoms with van der Waals surface area (Å²) >= 11 is 0. The predicted octanol–water partition coefficient (Wildman–Crippen LogP) is 2.88. The number of hydrogen-bond acceptors (Lipinski definition) is 3. The first-order valence-electron chi connectivity index (χ1n) is 5.77. The molecule has 0 bridgehead atoms. The summed E-state index contributed by atoms with van der Waals surface area (Å²) in [4.78, 5) is 4.28. The van der Waals surface area contributed by atoms with Crippen LogP contribution in [-0.2, 0) is 6.42 Å². The van der Waals surface area contributed by atoms with Gasteiger partial charge in [-0.05, 0) is 44.5 Å². The van der Waals surface area contributed by atoms with Crippen molar-refractivity contribution in [3.63, 3.8) is 0 Å². The molecular formula is C14H17NO2. The van der Waals surface area contributed by atoms with Gasteiger partial charge < -0.3 is 9.52 Å². The number of aliphatic hydroxyl groups excluding tert-OH is 1. The topological polar surface area (TPSA) is 46.3 Å². The van der Waals surface area contributed by atoms with Crippen molar-refractivity contribution in [3.05, 3.63) is 41.4 Å². The van der Waals surface area contributed by atoms with Crippen molar-refractivity contribution in [1.29, 1.82) is 0 Å². The van der Waals surface area contributed by atoms with Crippen molar-refractivity contribution in [2.45, 2.75) is 33.3 Å². The second-order valence-corrected chi connectivity index (χ2v) is 4.41. The minimum absolute atomic E-state index is 0.384. The standard InChI is InChI=1S/C14H17NO2/c1-9-6-7-15-11(3)14(9)13-5-4-12(17-13)8-10(2)16/h4-7,10,16H,8H2,1-3H3. The third-order valence-corrected chi connectivity index (χ3v) is 2.75. The molecule has 2 heterocycles. The van der Waals surface area contributed by atoms with Gasteiger partial charge in [-0.15, -0.1) is 0 Å². The molecule has 0 fully saturated rings. The number of furan rings is 1. The third kappa shape index (κ3) is 2.56. The van der Waals surface area contributed by atoms with Gasteiger partial charge in [-0.3, -0.25) is 4.98 Å². The maximum atomic E-state index is 9.32. The van der Waals surface area contributed by atoms with E-state index in [2.05, 4.69) is 4.98 Å². The van der Waals surface area contributed by atoms with Crippen LogP contribution in [0.2, 0.25) is 0 Å². The van der Waals surface area contributed by atoms with Crippen molar-refractivity contribution in [2.24, 2.45) is 0 Å². The predicted molar refractivity (Wildman–Crippen MR) is 66.8 cm³/mol. The molecule has 2 aromatic rings.